The fraction of sp³-hybridized carbons (Fsp3) is 0.667. The van der Waals surface area contributed by atoms with Gasteiger partial charge in [-0.25, -0.2) is 4.99 Å². The fourth-order valence-electron chi connectivity index (χ4n) is 5.14. The molecule has 2 atom stereocenters. The lowest BCUT2D eigenvalue weighted by Crippen LogP contribution is -2.47. The van der Waals surface area contributed by atoms with E-state index in [1.165, 1.54) is 54.6 Å². The Morgan fingerprint density at radius 1 is 1.38 bits per heavy atom. The number of ether oxygens (including phenoxy) is 1. The standard InChI is InChI=1S/C22H34N2OS.C5H10O/c1-6-12-22(23-5)13-10-17(11-14-22)25-16(4)20-19-15(3)8-9-18(19)26-21(20)24-7-2;1-3-4-5(2)6/h7,15,17,23H,2,6,8-14H2,1,3-5H3;3-6H,1-2H3/b20-16+,24-21?;4-3-/t15-,17?,22?;5-/m00/s1. The second-order valence-electron chi connectivity index (χ2n) is 9.29. The molecule has 0 radical (unpaired) electrons. The maximum absolute atomic E-state index is 8.47. The molecule has 1 saturated carbocycles. The van der Waals surface area contributed by atoms with Gasteiger partial charge < -0.3 is 15.2 Å². The fourth-order valence-corrected chi connectivity index (χ4v) is 6.49. The molecule has 0 aromatic heterocycles. The van der Waals surface area contributed by atoms with E-state index in [0.717, 1.165) is 23.6 Å². The minimum absolute atomic E-state index is 0.282. The van der Waals surface area contributed by atoms with Crippen LogP contribution in [0.3, 0.4) is 0 Å². The average molecular weight is 461 g/mol. The van der Waals surface area contributed by atoms with Crippen molar-refractivity contribution in [2.24, 2.45) is 10.9 Å². The Balaban J connectivity index is 0.000000534. The minimum Gasteiger partial charge on any atom is -0.494 e. The number of nitrogens with one attached hydrogen (secondary N) is 1. The number of hydrogen-bond donors (Lipinski definition) is 2. The number of aliphatic hydroxyl groups is 1. The van der Waals surface area contributed by atoms with Gasteiger partial charge in [0, 0.05) is 17.3 Å². The predicted molar refractivity (Wildman–Crippen MR) is 140 cm³/mol. The van der Waals surface area contributed by atoms with Gasteiger partial charge in [0.05, 0.1) is 12.2 Å². The average Bonchev–Trinajstić information content (AvgIpc) is 3.29. The minimum atomic E-state index is -0.282. The highest BCUT2D eigenvalue weighted by molar-refractivity contribution is 8.18. The predicted octanol–water partition coefficient (Wildman–Crippen LogP) is 6.89. The molecule has 1 fully saturated rings. The molecule has 4 nitrogen and oxygen atoms in total. The molecule has 1 aliphatic heterocycles. The van der Waals surface area contributed by atoms with Gasteiger partial charge in [0.2, 0.25) is 0 Å². The highest BCUT2D eigenvalue weighted by atomic mass is 32.2. The number of hydrogen-bond acceptors (Lipinski definition) is 5. The van der Waals surface area contributed by atoms with Crippen LogP contribution in [0.4, 0.5) is 0 Å². The first-order chi connectivity index (χ1) is 15.3. The molecule has 0 bridgehead atoms. The van der Waals surface area contributed by atoms with E-state index < -0.39 is 0 Å². The lowest BCUT2D eigenvalue weighted by Gasteiger charge is -2.40. The summed E-state index contributed by atoms with van der Waals surface area (Å²) in [5.74, 6) is 1.67. The number of aliphatic hydroxyl groups excluding tert-OH is 1. The number of aliphatic imine (C=N–C) groups is 1. The zero-order valence-corrected chi connectivity index (χ0v) is 21.9. The molecule has 5 heteroatoms. The largest absolute Gasteiger partial charge is 0.494 e. The molecule has 0 unspecified atom stereocenters. The van der Waals surface area contributed by atoms with Crippen LogP contribution >= 0.6 is 11.8 Å². The Morgan fingerprint density at radius 3 is 2.56 bits per heavy atom. The number of nitrogens with zero attached hydrogens (tertiary/aromatic N) is 1. The van der Waals surface area contributed by atoms with Crippen molar-refractivity contribution in [1.29, 1.82) is 0 Å². The summed E-state index contributed by atoms with van der Waals surface area (Å²) in [6, 6.07) is 0. The van der Waals surface area contributed by atoms with E-state index in [4.69, 9.17) is 9.84 Å². The topological polar surface area (TPSA) is 53.9 Å². The Hall–Kier alpha value is -1.30. The summed E-state index contributed by atoms with van der Waals surface area (Å²) < 4.78 is 6.51. The molecule has 2 aliphatic carbocycles. The van der Waals surface area contributed by atoms with Gasteiger partial charge in [-0.2, -0.15) is 0 Å². The number of thioether (sulfide) groups is 1. The van der Waals surface area contributed by atoms with Crippen molar-refractivity contribution in [2.45, 2.75) is 104 Å². The van der Waals surface area contributed by atoms with Crippen LogP contribution in [0.15, 0.2) is 51.7 Å². The highest BCUT2D eigenvalue weighted by Crippen LogP contribution is 2.51. The molecule has 32 heavy (non-hydrogen) atoms. The normalized spacial score (nSPS) is 31.4. The van der Waals surface area contributed by atoms with Crippen molar-refractivity contribution >= 4 is 16.8 Å². The maximum Gasteiger partial charge on any atom is 0.111 e. The molecule has 3 rings (SSSR count). The van der Waals surface area contributed by atoms with Gasteiger partial charge in [0.25, 0.3) is 0 Å². The first-order valence-corrected chi connectivity index (χ1v) is 13.1. The van der Waals surface area contributed by atoms with Gasteiger partial charge >= 0.3 is 0 Å². The Labute approximate surface area is 200 Å². The highest BCUT2D eigenvalue weighted by Gasteiger charge is 2.38. The second-order valence-corrected chi connectivity index (χ2v) is 10.4. The summed E-state index contributed by atoms with van der Waals surface area (Å²) in [6.07, 6.45) is 14.9. The molecule has 1 heterocycles. The lowest BCUT2D eigenvalue weighted by molar-refractivity contribution is 0.0501. The zero-order valence-electron chi connectivity index (χ0n) is 21.0. The quantitative estimate of drug-likeness (QED) is 0.321. The first kappa shape index (κ1) is 26.9. The van der Waals surface area contributed by atoms with Crippen molar-refractivity contribution in [1.82, 2.24) is 5.32 Å². The summed E-state index contributed by atoms with van der Waals surface area (Å²) in [4.78, 5) is 6.05. The van der Waals surface area contributed by atoms with E-state index in [0.29, 0.717) is 17.6 Å². The van der Waals surface area contributed by atoms with Crippen LogP contribution in [0.25, 0.3) is 0 Å². The van der Waals surface area contributed by atoms with E-state index in [2.05, 4.69) is 44.7 Å². The Bertz CT molecular complexity index is 756. The van der Waals surface area contributed by atoms with Crippen molar-refractivity contribution in [3.63, 3.8) is 0 Å². The van der Waals surface area contributed by atoms with Crippen molar-refractivity contribution in [3.8, 4) is 0 Å². The second kappa shape index (κ2) is 12.8. The van der Waals surface area contributed by atoms with Crippen LogP contribution in [0.5, 0.6) is 0 Å². The van der Waals surface area contributed by atoms with Crippen LogP contribution in [0.2, 0.25) is 0 Å². The van der Waals surface area contributed by atoms with E-state index in [-0.39, 0.29) is 6.10 Å². The molecule has 3 aliphatic rings. The molecule has 0 saturated heterocycles. The van der Waals surface area contributed by atoms with Crippen LogP contribution in [0.1, 0.15) is 86.0 Å². The molecule has 0 spiro atoms. The van der Waals surface area contributed by atoms with E-state index in [1.807, 2.05) is 24.8 Å². The number of allylic oxidation sites excluding steroid dienone is 4. The summed E-state index contributed by atoms with van der Waals surface area (Å²) in [6.45, 7) is 14.2. The molecule has 0 aromatic rings. The smallest absolute Gasteiger partial charge is 0.111 e. The van der Waals surface area contributed by atoms with Crippen LogP contribution in [-0.2, 0) is 4.74 Å². The van der Waals surface area contributed by atoms with Gasteiger partial charge in [0.1, 0.15) is 10.8 Å². The van der Waals surface area contributed by atoms with Crippen molar-refractivity contribution in [3.05, 3.63) is 46.7 Å². The molecule has 180 valence electrons. The third-order valence-electron chi connectivity index (χ3n) is 6.82. The molecule has 0 aromatic carbocycles. The van der Waals surface area contributed by atoms with Gasteiger partial charge in [0.15, 0.2) is 0 Å². The Kier molecular flexibility index (Phi) is 10.8. The zero-order chi connectivity index (χ0) is 23.7. The molecular formula is C27H44N2O2S. The van der Waals surface area contributed by atoms with Gasteiger partial charge in [-0.3, -0.25) is 0 Å². The summed E-state index contributed by atoms with van der Waals surface area (Å²) in [5, 5.41) is 13.1. The van der Waals surface area contributed by atoms with E-state index >= 15 is 0 Å². The molecule has 2 N–H and O–H groups in total. The van der Waals surface area contributed by atoms with Crippen molar-refractivity contribution < 1.29 is 9.84 Å². The van der Waals surface area contributed by atoms with Crippen LogP contribution < -0.4 is 5.32 Å². The van der Waals surface area contributed by atoms with Crippen LogP contribution in [0, 0.1) is 5.92 Å². The van der Waals surface area contributed by atoms with Crippen LogP contribution in [-0.4, -0.2) is 34.9 Å². The lowest BCUT2D eigenvalue weighted by atomic mass is 9.77. The Morgan fingerprint density at radius 2 is 2.06 bits per heavy atom. The monoisotopic (exact) mass is 460 g/mol. The van der Waals surface area contributed by atoms with Gasteiger partial charge in [-0.15, -0.1) is 0 Å². The third kappa shape index (κ3) is 6.85. The van der Waals surface area contributed by atoms with E-state index in [1.54, 1.807) is 19.2 Å². The van der Waals surface area contributed by atoms with Crippen molar-refractivity contribution in [2.75, 3.05) is 7.05 Å². The van der Waals surface area contributed by atoms with E-state index in [9.17, 15) is 0 Å². The molecular weight excluding hydrogens is 416 g/mol. The first-order valence-electron chi connectivity index (χ1n) is 12.3. The maximum atomic E-state index is 8.47. The SMILES string of the molecule is C/C=C\[C@H](C)O.C=CN=C1SC2=C(/C1=C(/C)OC1CCC(CCC)(NC)CC1)[C@@H](C)CC2. The van der Waals surface area contributed by atoms with Gasteiger partial charge in [-0.1, -0.05) is 50.8 Å². The third-order valence-corrected chi connectivity index (χ3v) is 8.00. The summed E-state index contributed by atoms with van der Waals surface area (Å²) in [7, 11) is 2.12. The number of rotatable bonds is 7. The van der Waals surface area contributed by atoms with Gasteiger partial charge in [-0.05, 0) is 89.2 Å². The summed E-state index contributed by atoms with van der Waals surface area (Å²) >= 11 is 1.83. The molecule has 0 amide bonds. The summed E-state index contributed by atoms with van der Waals surface area (Å²) in [5.41, 5.74) is 3.07.